The van der Waals surface area contributed by atoms with E-state index in [9.17, 15) is 13.5 Å². The molecule has 2 fully saturated rings. The van der Waals surface area contributed by atoms with Gasteiger partial charge in [-0.1, -0.05) is 0 Å². The van der Waals surface area contributed by atoms with Crippen molar-refractivity contribution in [3.8, 4) is 0 Å². The van der Waals surface area contributed by atoms with Gasteiger partial charge in [0, 0.05) is 19.2 Å². The van der Waals surface area contributed by atoms with E-state index in [1.54, 1.807) is 0 Å². The van der Waals surface area contributed by atoms with E-state index in [4.69, 9.17) is 0 Å². The Bertz CT molecular complexity index is 310. The number of hydrogen-bond donors (Lipinski definition) is 2. The average Bonchev–Trinajstić information content (AvgIpc) is 3.04. The van der Waals surface area contributed by atoms with Gasteiger partial charge in [0.1, 0.15) is 9.84 Å². The molecule has 1 aliphatic heterocycles. The first-order valence-electron chi connectivity index (χ1n) is 6.15. The van der Waals surface area contributed by atoms with Crippen molar-refractivity contribution < 1.29 is 13.5 Å². The van der Waals surface area contributed by atoms with E-state index >= 15 is 0 Å². The van der Waals surface area contributed by atoms with Crippen molar-refractivity contribution in [1.82, 2.24) is 5.32 Å². The fourth-order valence-corrected chi connectivity index (χ4v) is 3.89. The van der Waals surface area contributed by atoms with Crippen molar-refractivity contribution in [1.29, 1.82) is 0 Å². The molecule has 0 aromatic carbocycles. The molecule has 16 heavy (non-hydrogen) atoms. The van der Waals surface area contributed by atoms with Crippen LogP contribution in [-0.2, 0) is 9.84 Å². The Labute approximate surface area is 97.3 Å². The Kier molecular flexibility index (Phi) is 3.87. The summed E-state index contributed by atoms with van der Waals surface area (Å²) in [7, 11) is -2.78. The van der Waals surface area contributed by atoms with E-state index in [0.29, 0.717) is 23.5 Å². The second-order valence-corrected chi connectivity index (χ2v) is 7.42. The third kappa shape index (κ3) is 3.43. The van der Waals surface area contributed by atoms with E-state index in [1.165, 1.54) is 12.8 Å². The summed E-state index contributed by atoms with van der Waals surface area (Å²) >= 11 is 0. The molecule has 1 atom stereocenters. The molecule has 0 radical (unpaired) electrons. The number of hydrogen-bond acceptors (Lipinski definition) is 4. The zero-order valence-corrected chi connectivity index (χ0v) is 10.4. The van der Waals surface area contributed by atoms with Gasteiger partial charge in [-0.25, -0.2) is 8.42 Å². The van der Waals surface area contributed by atoms with Crippen LogP contribution in [0.5, 0.6) is 0 Å². The predicted molar refractivity (Wildman–Crippen MR) is 63.0 cm³/mol. The molecule has 1 saturated carbocycles. The first-order valence-corrected chi connectivity index (χ1v) is 7.97. The molecule has 0 aromatic heterocycles. The Morgan fingerprint density at radius 3 is 2.31 bits per heavy atom. The van der Waals surface area contributed by atoms with E-state index in [1.807, 2.05) is 0 Å². The van der Waals surface area contributed by atoms with Crippen LogP contribution in [0, 0.1) is 11.8 Å². The molecule has 1 saturated heterocycles. The summed E-state index contributed by atoms with van der Waals surface area (Å²) in [5.41, 5.74) is 0. The fraction of sp³-hybridized carbons (Fsp3) is 1.00. The van der Waals surface area contributed by atoms with Crippen LogP contribution in [0.3, 0.4) is 0 Å². The minimum Gasteiger partial charge on any atom is -0.396 e. The molecule has 2 aliphatic rings. The average molecular weight is 247 g/mol. The molecule has 94 valence electrons. The number of nitrogens with one attached hydrogen (secondary N) is 1. The molecule has 4 nitrogen and oxygen atoms in total. The van der Waals surface area contributed by atoms with Gasteiger partial charge >= 0.3 is 0 Å². The van der Waals surface area contributed by atoms with Crippen LogP contribution in [0.2, 0.25) is 0 Å². The van der Waals surface area contributed by atoms with Gasteiger partial charge in [-0.15, -0.1) is 0 Å². The maximum absolute atomic E-state index is 11.3. The molecular weight excluding hydrogens is 226 g/mol. The third-order valence-electron chi connectivity index (χ3n) is 3.75. The Balaban J connectivity index is 1.79. The summed E-state index contributed by atoms with van der Waals surface area (Å²) in [5, 5.41) is 12.8. The SMILES string of the molecule is O=S1(=O)CCC(C(CO)CNC2CC2)CC1. The van der Waals surface area contributed by atoms with Gasteiger partial charge in [-0.3, -0.25) is 0 Å². The predicted octanol–water partition coefficient (Wildman–Crippen LogP) is 0.172. The molecule has 0 spiro atoms. The lowest BCUT2D eigenvalue weighted by Crippen LogP contribution is -2.36. The Hall–Kier alpha value is -0.130. The zero-order valence-electron chi connectivity index (χ0n) is 9.56. The van der Waals surface area contributed by atoms with Crippen LogP contribution < -0.4 is 5.32 Å². The van der Waals surface area contributed by atoms with Crippen LogP contribution in [-0.4, -0.2) is 44.2 Å². The van der Waals surface area contributed by atoms with Crippen LogP contribution in [0.25, 0.3) is 0 Å². The van der Waals surface area contributed by atoms with Crippen LogP contribution in [0.15, 0.2) is 0 Å². The van der Waals surface area contributed by atoms with E-state index in [-0.39, 0.29) is 12.5 Å². The topological polar surface area (TPSA) is 66.4 Å². The zero-order chi connectivity index (χ0) is 11.6. The highest BCUT2D eigenvalue weighted by atomic mass is 32.2. The first-order chi connectivity index (χ1) is 7.61. The van der Waals surface area contributed by atoms with Crippen molar-refractivity contribution in [3.05, 3.63) is 0 Å². The van der Waals surface area contributed by atoms with Crippen molar-refractivity contribution >= 4 is 9.84 Å². The number of aliphatic hydroxyl groups is 1. The highest BCUT2D eigenvalue weighted by molar-refractivity contribution is 7.91. The maximum atomic E-state index is 11.3. The summed E-state index contributed by atoms with van der Waals surface area (Å²) in [4.78, 5) is 0. The van der Waals surface area contributed by atoms with Crippen molar-refractivity contribution in [3.63, 3.8) is 0 Å². The summed E-state index contributed by atoms with van der Waals surface area (Å²) in [6, 6.07) is 0.654. The number of aliphatic hydroxyl groups excluding tert-OH is 1. The standard InChI is InChI=1S/C11H21NO3S/c13-8-10(7-12-11-1-2-11)9-3-5-16(14,15)6-4-9/h9-13H,1-8H2. The highest BCUT2D eigenvalue weighted by Crippen LogP contribution is 2.27. The molecule has 1 heterocycles. The minimum absolute atomic E-state index is 0.171. The molecule has 0 bridgehead atoms. The largest absolute Gasteiger partial charge is 0.396 e. The second kappa shape index (κ2) is 5.02. The Morgan fingerprint density at radius 1 is 1.19 bits per heavy atom. The molecule has 0 amide bonds. The fourth-order valence-electron chi connectivity index (χ4n) is 2.37. The van der Waals surface area contributed by atoms with E-state index in [0.717, 1.165) is 19.4 Å². The molecule has 2 N–H and O–H groups in total. The van der Waals surface area contributed by atoms with Gasteiger partial charge < -0.3 is 10.4 Å². The van der Waals surface area contributed by atoms with Crippen molar-refractivity contribution in [2.45, 2.75) is 31.7 Å². The minimum atomic E-state index is -2.78. The second-order valence-electron chi connectivity index (χ2n) is 5.11. The summed E-state index contributed by atoms with van der Waals surface area (Å²) in [6.45, 7) is 1.01. The van der Waals surface area contributed by atoms with Gasteiger partial charge in [0.05, 0.1) is 11.5 Å². The van der Waals surface area contributed by atoms with Gasteiger partial charge in [0.25, 0.3) is 0 Å². The molecule has 0 aromatic rings. The first kappa shape index (κ1) is 12.3. The number of rotatable bonds is 5. The summed E-state index contributed by atoms with van der Waals surface area (Å²) in [5.74, 6) is 1.21. The normalized spacial score (nSPS) is 27.8. The van der Waals surface area contributed by atoms with Gasteiger partial charge in [-0.05, 0) is 37.5 Å². The van der Waals surface area contributed by atoms with Gasteiger partial charge in [0.15, 0.2) is 0 Å². The van der Waals surface area contributed by atoms with E-state index in [2.05, 4.69) is 5.32 Å². The van der Waals surface area contributed by atoms with Gasteiger partial charge in [-0.2, -0.15) is 0 Å². The third-order valence-corrected chi connectivity index (χ3v) is 5.46. The monoisotopic (exact) mass is 247 g/mol. The quantitative estimate of drug-likeness (QED) is 0.727. The molecule has 2 rings (SSSR count). The molecule has 1 aliphatic carbocycles. The van der Waals surface area contributed by atoms with E-state index < -0.39 is 9.84 Å². The summed E-state index contributed by atoms with van der Waals surface area (Å²) < 4.78 is 22.6. The number of sulfone groups is 1. The van der Waals surface area contributed by atoms with Crippen LogP contribution >= 0.6 is 0 Å². The Morgan fingerprint density at radius 2 is 1.81 bits per heavy atom. The lowest BCUT2D eigenvalue weighted by atomic mass is 9.88. The van der Waals surface area contributed by atoms with Crippen molar-refractivity contribution in [2.24, 2.45) is 11.8 Å². The smallest absolute Gasteiger partial charge is 0.150 e. The molecular formula is C11H21NO3S. The lowest BCUT2D eigenvalue weighted by Gasteiger charge is -2.29. The van der Waals surface area contributed by atoms with Crippen LogP contribution in [0.4, 0.5) is 0 Å². The lowest BCUT2D eigenvalue weighted by molar-refractivity contribution is 0.163. The van der Waals surface area contributed by atoms with Crippen LogP contribution in [0.1, 0.15) is 25.7 Å². The summed E-state index contributed by atoms with van der Waals surface area (Å²) in [6.07, 6.45) is 3.94. The highest BCUT2D eigenvalue weighted by Gasteiger charge is 2.30. The van der Waals surface area contributed by atoms with Crippen molar-refractivity contribution in [2.75, 3.05) is 24.7 Å². The van der Waals surface area contributed by atoms with Gasteiger partial charge in [0.2, 0.25) is 0 Å². The molecule has 5 heteroatoms. The molecule has 1 unspecified atom stereocenters. The maximum Gasteiger partial charge on any atom is 0.150 e.